The number of hydrogen-bond acceptors (Lipinski definition) is 3. The first-order valence-electron chi connectivity index (χ1n) is 5.52. The minimum Gasteiger partial charge on any atom is -0.372 e. The van der Waals surface area contributed by atoms with E-state index in [0.717, 1.165) is 5.56 Å². The van der Waals surface area contributed by atoms with Crippen LogP contribution in [0.3, 0.4) is 0 Å². The number of nitrogens with one attached hydrogen (secondary N) is 1. The highest BCUT2D eigenvalue weighted by molar-refractivity contribution is 5.83. The van der Waals surface area contributed by atoms with Crippen LogP contribution in [0.5, 0.6) is 0 Å². The third-order valence-electron chi connectivity index (χ3n) is 2.58. The van der Waals surface area contributed by atoms with Crippen molar-refractivity contribution in [1.29, 1.82) is 5.26 Å². The first-order valence-corrected chi connectivity index (χ1v) is 5.52. The normalized spacial score (nSPS) is 11.9. The average molecular weight is 231 g/mol. The van der Waals surface area contributed by atoms with E-state index in [1.165, 1.54) is 0 Å². The van der Waals surface area contributed by atoms with E-state index in [0.29, 0.717) is 11.3 Å². The fourth-order valence-electron chi connectivity index (χ4n) is 1.61. The maximum absolute atomic E-state index is 11.3. The van der Waals surface area contributed by atoms with Gasteiger partial charge in [0.15, 0.2) is 0 Å². The van der Waals surface area contributed by atoms with Gasteiger partial charge >= 0.3 is 0 Å². The molecule has 0 aliphatic rings. The molecule has 0 aliphatic heterocycles. The zero-order chi connectivity index (χ0) is 13.0. The lowest BCUT2D eigenvalue weighted by molar-refractivity contribution is -0.119. The average Bonchev–Trinajstić information content (AvgIpc) is 2.26. The Kier molecular flexibility index (Phi) is 4.11. The van der Waals surface area contributed by atoms with Crippen molar-refractivity contribution in [2.45, 2.75) is 26.8 Å². The van der Waals surface area contributed by atoms with Crippen molar-refractivity contribution in [3.8, 4) is 6.07 Å². The first kappa shape index (κ1) is 13.0. The molecule has 90 valence electrons. The first-order chi connectivity index (χ1) is 7.95. The van der Waals surface area contributed by atoms with Crippen molar-refractivity contribution >= 4 is 11.6 Å². The number of benzene rings is 1. The Hall–Kier alpha value is -2.02. The number of primary amides is 1. The summed E-state index contributed by atoms with van der Waals surface area (Å²) in [5.74, 6) is -0.343. The molecule has 0 saturated carbocycles. The molecule has 1 atom stereocenters. The van der Waals surface area contributed by atoms with E-state index in [1.54, 1.807) is 12.1 Å². The molecule has 0 saturated heterocycles. The molecule has 4 nitrogen and oxygen atoms in total. The van der Waals surface area contributed by atoms with Crippen molar-refractivity contribution in [2.75, 3.05) is 5.32 Å². The summed E-state index contributed by atoms with van der Waals surface area (Å²) in [6.07, 6.45) is 0. The van der Waals surface area contributed by atoms with Gasteiger partial charge in [-0.1, -0.05) is 19.9 Å². The Balaban J connectivity index is 3.02. The van der Waals surface area contributed by atoms with Crippen molar-refractivity contribution < 1.29 is 4.79 Å². The van der Waals surface area contributed by atoms with Gasteiger partial charge in [-0.3, -0.25) is 4.79 Å². The highest BCUT2D eigenvalue weighted by atomic mass is 16.1. The minimum atomic E-state index is -0.468. The topological polar surface area (TPSA) is 78.9 Å². The molecule has 3 N–H and O–H groups in total. The largest absolute Gasteiger partial charge is 0.372 e. The lowest BCUT2D eigenvalue weighted by Gasteiger charge is -2.20. The molecule has 0 aliphatic carbocycles. The molecule has 1 amide bonds. The van der Waals surface area contributed by atoms with Gasteiger partial charge < -0.3 is 11.1 Å². The summed E-state index contributed by atoms with van der Waals surface area (Å²) in [4.78, 5) is 11.3. The molecular formula is C13H17N3O. The number of carbonyl (C=O) groups is 1. The summed E-state index contributed by atoms with van der Waals surface area (Å²) in [6.45, 7) is 5.73. The van der Waals surface area contributed by atoms with E-state index < -0.39 is 11.9 Å². The van der Waals surface area contributed by atoms with Crippen molar-refractivity contribution in [3.05, 3.63) is 29.3 Å². The predicted octanol–water partition coefficient (Wildman–Crippen LogP) is 1.79. The van der Waals surface area contributed by atoms with E-state index in [1.807, 2.05) is 26.8 Å². The third kappa shape index (κ3) is 3.22. The van der Waals surface area contributed by atoms with Crippen LogP contribution in [0.25, 0.3) is 0 Å². The number of hydrogen-bond donors (Lipinski definition) is 2. The fourth-order valence-corrected chi connectivity index (χ4v) is 1.61. The number of anilines is 1. The van der Waals surface area contributed by atoms with Crippen LogP contribution in [-0.2, 0) is 4.79 Å². The number of amides is 1. The van der Waals surface area contributed by atoms with Crippen LogP contribution in [0.15, 0.2) is 18.2 Å². The Morgan fingerprint density at radius 2 is 2.12 bits per heavy atom. The zero-order valence-corrected chi connectivity index (χ0v) is 10.3. The van der Waals surface area contributed by atoms with Gasteiger partial charge in [-0.25, -0.2) is 0 Å². The highest BCUT2D eigenvalue weighted by Gasteiger charge is 2.20. The van der Waals surface area contributed by atoms with Gasteiger partial charge in [-0.15, -0.1) is 0 Å². The number of nitrogens with zero attached hydrogens (tertiary/aromatic N) is 1. The second-order valence-electron chi connectivity index (χ2n) is 4.43. The smallest absolute Gasteiger partial charge is 0.240 e. The van der Waals surface area contributed by atoms with Gasteiger partial charge in [0.25, 0.3) is 0 Å². The molecule has 1 rings (SSSR count). The van der Waals surface area contributed by atoms with E-state index in [2.05, 4.69) is 11.4 Å². The number of carbonyl (C=O) groups excluding carboxylic acids is 1. The number of aryl methyl sites for hydroxylation is 1. The minimum absolute atomic E-state index is 0.0698. The summed E-state index contributed by atoms with van der Waals surface area (Å²) < 4.78 is 0. The van der Waals surface area contributed by atoms with Crippen molar-refractivity contribution in [3.63, 3.8) is 0 Å². The van der Waals surface area contributed by atoms with E-state index in [9.17, 15) is 4.79 Å². The van der Waals surface area contributed by atoms with Crippen LogP contribution in [0.2, 0.25) is 0 Å². The third-order valence-corrected chi connectivity index (χ3v) is 2.58. The molecule has 0 spiro atoms. The molecule has 0 radical (unpaired) electrons. The Labute approximate surface area is 101 Å². The Bertz CT molecular complexity index is 460. The van der Waals surface area contributed by atoms with Crippen molar-refractivity contribution in [2.24, 2.45) is 11.7 Å². The fraction of sp³-hybridized carbons (Fsp3) is 0.385. The lowest BCUT2D eigenvalue weighted by atomic mass is 10.0. The van der Waals surface area contributed by atoms with Crippen LogP contribution in [0, 0.1) is 24.2 Å². The maximum atomic E-state index is 11.3. The molecule has 4 heteroatoms. The van der Waals surface area contributed by atoms with Crippen LogP contribution in [-0.4, -0.2) is 11.9 Å². The molecular weight excluding hydrogens is 214 g/mol. The van der Waals surface area contributed by atoms with E-state index >= 15 is 0 Å². The second kappa shape index (κ2) is 5.35. The number of nitrogens with two attached hydrogens (primary N) is 1. The summed E-state index contributed by atoms with van der Waals surface area (Å²) >= 11 is 0. The van der Waals surface area contributed by atoms with Crippen LogP contribution >= 0.6 is 0 Å². The standard InChI is InChI=1S/C13H17N3O/c1-8(2)12(13(15)17)16-11-5-4-9(3)6-10(11)7-14/h4-6,8,12,16H,1-3H3,(H2,15,17). The van der Waals surface area contributed by atoms with Gasteiger partial charge in [0.1, 0.15) is 12.1 Å². The molecule has 17 heavy (non-hydrogen) atoms. The summed E-state index contributed by atoms with van der Waals surface area (Å²) in [6, 6.07) is 7.10. The number of rotatable bonds is 4. The zero-order valence-electron chi connectivity index (χ0n) is 10.3. The quantitative estimate of drug-likeness (QED) is 0.829. The summed E-state index contributed by atoms with van der Waals surface area (Å²) in [7, 11) is 0. The van der Waals surface area contributed by atoms with Crippen LogP contribution in [0.4, 0.5) is 5.69 Å². The van der Waals surface area contributed by atoms with Gasteiger partial charge in [0.2, 0.25) is 5.91 Å². The number of nitriles is 1. The molecule has 0 heterocycles. The van der Waals surface area contributed by atoms with Crippen LogP contribution in [0.1, 0.15) is 25.0 Å². The molecule has 0 bridgehead atoms. The monoisotopic (exact) mass is 231 g/mol. The maximum Gasteiger partial charge on any atom is 0.240 e. The highest BCUT2D eigenvalue weighted by Crippen LogP contribution is 2.19. The Morgan fingerprint density at radius 3 is 2.59 bits per heavy atom. The molecule has 0 aromatic heterocycles. The van der Waals surface area contributed by atoms with Gasteiger partial charge in [-0.2, -0.15) is 5.26 Å². The van der Waals surface area contributed by atoms with Crippen LogP contribution < -0.4 is 11.1 Å². The Morgan fingerprint density at radius 1 is 1.47 bits per heavy atom. The van der Waals surface area contributed by atoms with E-state index in [4.69, 9.17) is 11.0 Å². The molecule has 1 aromatic rings. The molecule has 0 fully saturated rings. The lowest BCUT2D eigenvalue weighted by Crippen LogP contribution is -2.39. The molecule has 1 aromatic carbocycles. The van der Waals surface area contributed by atoms with E-state index in [-0.39, 0.29) is 5.92 Å². The second-order valence-corrected chi connectivity index (χ2v) is 4.43. The SMILES string of the molecule is Cc1ccc(NC(C(N)=O)C(C)C)c(C#N)c1. The summed E-state index contributed by atoms with van der Waals surface area (Å²) in [5, 5.41) is 12.1. The molecule has 1 unspecified atom stereocenters. The van der Waals surface area contributed by atoms with Crippen molar-refractivity contribution in [1.82, 2.24) is 0 Å². The van der Waals surface area contributed by atoms with Gasteiger partial charge in [0.05, 0.1) is 11.3 Å². The summed E-state index contributed by atoms with van der Waals surface area (Å²) in [5.41, 5.74) is 7.50. The van der Waals surface area contributed by atoms with Gasteiger partial charge in [-0.05, 0) is 30.5 Å². The van der Waals surface area contributed by atoms with Gasteiger partial charge in [0, 0.05) is 0 Å². The predicted molar refractivity (Wildman–Crippen MR) is 67.3 cm³/mol.